The maximum absolute atomic E-state index is 11.0. The molecule has 5 N–H and O–H groups in total. The van der Waals surface area contributed by atoms with Gasteiger partial charge in [-0.25, -0.2) is 5.43 Å². The van der Waals surface area contributed by atoms with E-state index in [-0.39, 0.29) is 12.8 Å². The molecule has 0 aliphatic rings. The summed E-state index contributed by atoms with van der Waals surface area (Å²) >= 11 is 0. The molecule has 0 aromatic rings. The van der Waals surface area contributed by atoms with Gasteiger partial charge >= 0.3 is 5.97 Å². The maximum atomic E-state index is 11.0. The molecule has 0 radical (unpaired) electrons. The zero-order chi connectivity index (χ0) is 17.3. The number of carboxylic acid groups (broad SMARTS) is 1. The van der Waals surface area contributed by atoms with E-state index in [2.05, 4.69) is 17.8 Å². The highest BCUT2D eigenvalue weighted by atomic mass is 16.4. The van der Waals surface area contributed by atoms with Crippen molar-refractivity contribution < 1.29 is 14.7 Å². The van der Waals surface area contributed by atoms with Crippen LogP contribution in [0.25, 0.3) is 0 Å². The average Bonchev–Trinajstić information content (AvgIpc) is 2.50. The molecule has 0 heterocycles. The molecule has 0 aromatic heterocycles. The van der Waals surface area contributed by atoms with Crippen LogP contribution in [0.3, 0.4) is 0 Å². The maximum Gasteiger partial charge on any atom is 0.322 e. The SMILES string of the molecule is CCCCCCCCCCCCNN[C@@H](CCC(N)=O)C(=O)O. The Morgan fingerprint density at radius 3 is 1.96 bits per heavy atom. The molecule has 1 amide bonds. The molecule has 23 heavy (non-hydrogen) atoms. The van der Waals surface area contributed by atoms with Crippen LogP contribution in [0, 0.1) is 0 Å². The third kappa shape index (κ3) is 15.5. The summed E-state index contributed by atoms with van der Waals surface area (Å²) in [6, 6.07) is -0.773. The lowest BCUT2D eigenvalue weighted by molar-refractivity contribution is -0.140. The van der Waals surface area contributed by atoms with E-state index in [4.69, 9.17) is 10.8 Å². The van der Waals surface area contributed by atoms with Crippen molar-refractivity contribution in [2.24, 2.45) is 5.73 Å². The molecule has 0 rings (SSSR count). The van der Waals surface area contributed by atoms with Crippen molar-refractivity contribution in [2.75, 3.05) is 6.54 Å². The number of carbonyl (C=O) groups excluding carboxylic acids is 1. The lowest BCUT2D eigenvalue weighted by atomic mass is 10.1. The van der Waals surface area contributed by atoms with Gasteiger partial charge < -0.3 is 10.8 Å². The van der Waals surface area contributed by atoms with Crippen molar-refractivity contribution in [2.45, 2.75) is 90.0 Å². The quantitative estimate of drug-likeness (QED) is 0.243. The molecule has 6 heteroatoms. The van der Waals surface area contributed by atoms with Crippen LogP contribution in [0.2, 0.25) is 0 Å². The van der Waals surface area contributed by atoms with Gasteiger partial charge in [0.1, 0.15) is 6.04 Å². The Balaban J connectivity index is 3.39. The highest BCUT2D eigenvalue weighted by molar-refractivity contribution is 5.77. The Hall–Kier alpha value is -1.14. The van der Waals surface area contributed by atoms with Crippen molar-refractivity contribution in [3.8, 4) is 0 Å². The first-order valence-electron chi connectivity index (χ1n) is 9.07. The Bertz CT molecular complexity index is 311. The topological polar surface area (TPSA) is 104 Å². The number of primary amides is 1. The van der Waals surface area contributed by atoms with Gasteiger partial charge in [0.05, 0.1) is 0 Å². The minimum Gasteiger partial charge on any atom is -0.480 e. The minimum absolute atomic E-state index is 0.0733. The molecule has 1 atom stereocenters. The van der Waals surface area contributed by atoms with Crippen molar-refractivity contribution in [1.29, 1.82) is 0 Å². The lowest BCUT2D eigenvalue weighted by Gasteiger charge is -2.14. The highest BCUT2D eigenvalue weighted by Crippen LogP contribution is 2.10. The first kappa shape index (κ1) is 21.9. The number of amides is 1. The van der Waals surface area contributed by atoms with Crippen LogP contribution in [0.1, 0.15) is 84.0 Å². The van der Waals surface area contributed by atoms with Gasteiger partial charge in [-0.3, -0.25) is 15.0 Å². The Labute approximate surface area is 140 Å². The average molecular weight is 329 g/mol. The van der Waals surface area contributed by atoms with Crippen LogP contribution in [-0.2, 0) is 9.59 Å². The van der Waals surface area contributed by atoms with E-state index < -0.39 is 17.9 Å². The van der Waals surface area contributed by atoms with E-state index in [9.17, 15) is 9.59 Å². The number of rotatable bonds is 17. The van der Waals surface area contributed by atoms with Crippen LogP contribution < -0.4 is 16.6 Å². The molecule has 0 bridgehead atoms. The van der Waals surface area contributed by atoms with Crippen LogP contribution in [0.4, 0.5) is 0 Å². The van der Waals surface area contributed by atoms with Crippen LogP contribution in [-0.4, -0.2) is 29.6 Å². The van der Waals surface area contributed by atoms with E-state index in [1.807, 2.05) is 0 Å². The number of aliphatic carboxylic acids is 1. The number of hydrazine groups is 1. The van der Waals surface area contributed by atoms with Crippen LogP contribution in [0.5, 0.6) is 0 Å². The summed E-state index contributed by atoms with van der Waals surface area (Å²) in [7, 11) is 0. The number of nitrogens with one attached hydrogen (secondary N) is 2. The van der Waals surface area contributed by atoms with Gasteiger partial charge in [0.15, 0.2) is 0 Å². The second-order valence-electron chi connectivity index (χ2n) is 6.15. The molecular weight excluding hydrogens is 294 g/mol. The molecule has 6 nitrogen and oxygen atoms in total. The minimum atomic E-state index is -0.971. The lowest BCUT2D eigenvalue weighted by Crippen LogP contribution is -2.46. The van der Waals surface area contributed by atoms with Crippen molar-refractivity contribution in [3.63, 3.8) is 0 Å². The number of carbonyl (C=O) groups is 2. The van der Waals surface area contributed by atoms with Gasteiger partial charge in [-0.15, -0.1) is 0 Å². The van der Waals surface area contributed by atoms with E-state index in [0.29, 0.717) is 0 Å². The first-order valence-corrected chi connectivity index (χ1v) is 9.07. The molecule has 0 aliphatic heterocycles. The number of hydrogen-bond acceptors (Lipinski definition) is 4. The zero-order valence-corrected chi connectivity index (χ0v) is 14.6. The van der Waals surface area contributed by atoms with Gasteiger partial charge in [-0.1, -0.05) is 64.7 Å². The summed E-state index contributed by atoms with van der Waals surface area (Å²) in [5.41, 5.74) is 10.7. The van der Waals surface area contributed by atoms with E-state index in [0.717, 1.165) is 19.4 Å². The van der Waals surface area contributed by atoms with Gasteiger partial charge in [0.2, 0.25) is 5.91 Å². The summed E-state index contributed by atoms with van der Waals surface area (Å²) in [6.45, 7) is 2.97. The van der Waals surface area contributed by atoms with E-state index in [1.54, 1.807) is 0 Å². The molecule has 0 aromatic carbocycles. The van der Waals surface area contributed by atoms with Crippen molar-refractivity contribution >= 4 is 11.9 Å². The molecule has 0 fully saturated rings. The third-order valence-corrected chi connectivity index (χ3v) is 3.91. The smallest absolute Gasteiger partial charge is 0.322 e. The first-order chi connectivity index (χ1) is 11.1. The van der Waals surface area contributed by atoms with Gasteiger partial charge in [-0.2, -0.15) is 0 Å². The molecule has 0 aliphatic carbocycles. The predicted molar refractivity (Wildman–Crippen MR) is 92.8 cm³/mol. The highest BCUT2D eigenvalue weighted by Gasteiger charge is 2.16. The summed E-state index contributed by atoms with van der Waals surface area (Å²) in [5.74, 6) is -1.45. The molecule has 0 spiro atoms. The molecule has 136 valence electrons. The van der Waals surface area contributed by atoms with Gasteiger partial charge in [0.25, 0.3) is 0 Å². The van der Waals surface area contributed by atoms with Gasteiger partial charge in [0, 0.05) is 13.0 Å². The van der Waals surface area contributed by atoms with Gasteiger partial charge in [-0.05, 0) is 12.8 Å². The number of carboxylic acids is 1. The fourth-order valence-corrected chi connectivity index (χ4v) is 2.44. The molecule has 0 unspecified atom stereocenters. The summed E-state index contributed by atoms with van der Waals surface area (Å²) < 4.78 is 0. The Kier molecular flexibility index (Phi) is 15.0. The number of unbranched alkanes of at least 4 members (excludes halogenated alkanes) is 9. The normalized spacial score (nSPS) is 12.2. The standard InChI is InChI=1S/C17H35N3O3/c1-2-3-4-5-6-7-8-9-10-11-14-19-20-15(17(22)23)12-13-16(18)21/h15,19-20H,2-14H2,1H3,(H2,18,21)(H,22,23)/t15-/m0/s1. The predicted octanol–water partition coefficient (Wildman–Crippen LogP) is 2.72. The van der Waals surface area contributed by atoms with E-state index in [1.165, 1.54) is 51.4 Å². The fourth-order valence-electron chi connectivity index (χ4n) is 2.44. The third-order valence-electron chi connectivity index (χ3n) is 3.91. The molecule has 0 saturated heterocycles. The van der Waals surface area contributed by atoms with Crippen molar-refractivity contribution in [3.05, 3.63) is 0 Å². The molecule has 0 saturated carbocycles. The fraction of sp³-hybridized carbons (Fsp3) is 0.882. The largest absolute Gasteiger partial charge is 0.480 e. The summed E-state index contributed by atoms with van der Waals surface area (Å²) in [4.78, 5) is 21.7. The summed E-state index contributed by atoms with van der Waals surface area (Å²) in [5, 5.41) is 9.01. The van der Waals surface area contributed by atoms with Crippen molar-refractivity contribution in [1.82, 2.24) is 10.9 Å². The molecular formula is C17H35N3O3. The summed E-state index contributed by atoms with van der Waals surface area (Å²) in [6.07, 6.45) is 13.0. The van der Waals surface area contributed by atoms with Crippen LogP contribution >= 0.6 is 0 Å². The van der Waals surface area contributed by atoms with E-state index >= 15 is 0 Å². The number of hydrogen-bond donors (Lipinski definition) is 4. The monoisotopic (exact) mass is 329 g/mol. The number of nitrogens with two attached hydrogens (primary N) is 1. The second-order valence-corrected chi connectivity index (χ2v) is 6.15. The second kappa shape index (κ2) is 15.7. The zero-order valence-electron chi connectivity index (χ0n) is 14.6. The Morgan fingerprint density at radius 1 is 0.957 bits per heavy atom. The van der Waals surface area contributed by atoms with Crippen LogP contribution in [0.15, 0.2) is 0 Å². The Morgan fingerprint density at radius 2 is 1.48 bits per heavy atom.